The number of hydrogen-bond acceptors (Lipinski definition) is 5. The quantitative estimate of drug-likeness (QED) is 0.724. The summed E-state index contributed by atoms with van der Waals surface area (Å²) in [4.78, 5) is 8.47. The molecule has 5 nitrogen and oxygen atoms in total. The van der Waals surface area contributed by atoms with Crippen molar-refractivity contribution in [1.29, 1.82) is 0 Å². The fourth-order valence-corrected chi connectivity index (χ4v) is 2.29. The van der Waals surface area contributed by atoms with Crippen LogP contribution in [0.25, 0.3) is 22.0 Å². The van der Waals surface area contributed by atoms with Crippen molar-refractivity contribution in [2.75, 3.05) is 11.5 Å². The third kappa shape index (κ3) is 2.79. The summed E-state index contributed by atoms with van der Waals surface area (Å²) in [7, 11) is 0. The molecule has 22 heavy (non-hydrogen) atoms. The molecule has 112 valence electrons. The molecule has 0 aliphatic heterocycles. The highest BCUT2D eigenvalue weighted by Crippen LogP contribution is 2.29. The van der Waals surface area contributed by atoms with Crippen molar-refractivity contribution in [3.8, 4) is 17.0 Å². The minimum absolute atomic E-state index is 0.0117. The summed E-state index contributed by atoms with van der Waals surface area (Å²) in [5.41, 5.74) is 15.1. The zero-order valence-corrected chi connectivity index (χ0v) is 12.6. The maximum atomic E-state index is 5.77. The first kappa shape index (κ1) is 14.1. The lowest BCUT2D eigenvalue weighted by Gasteiger charge is -2.12. The Morgan fingerprint density at radius 2 is 1.59 bits per heavy atom. The number of nitrogens with zero attached hydrogens (tertiary/aromatic N) is 2. The average molecular weight is 294 g/mol. The standard InChI is InChI=1S/C17H18N4O/c1-10(2)22-16-14-9-12(11-3-6-13(18)7-4-11)5-8-15(14)20-17(19)21-16/h3-10H,18H2,1-2H3,(H2,19,20,21). The van der Waals surface area contributed by atoms with Crippen molar-refractivity contribution >= 4 is 22.5 Å². The van der Waals surface area contributed by atoms with Crippen LogP contribution in [0, 0.1) is 0 Å². The Balaban J connectivity index is 2.15. The molecule has 0 atom stereocenters. The number of anilines is 2. The zero-order chi connectivity index (χ0) is 15.7. The molecule has 2 aromatic carbocycles. The second kappa shape index (κ2) is 5.52. The predicted molar refractivity (Wildman–Crippen MR) is 89.6 cm³/mol. The van der Waals surface area contributed by atoms with Crippen molar-refractivity contribution in [1.82, 2.24) is 9.97 Å². The molecule has 0 amide bonds. The Labute approximate surface area is 128 Å². The summed E-state index contributed by atoms with van der Waals surface area (Å²) >= 11 is 0. The van der Waals surface area contributed by atoms with E-state index in [0.29, 0.717) is 5.88 Å². The Morgan fingerprint density at radius 1 is 0.909 bits per heavy atom. The fourth-order valence-electron chi connectivity index (χ4n) is 2.29. The second-order valence-electron chi connectivity index (χ2n) is 5.41. The molecule has 0 radical (unpaired) electrons. The van der Waals surface area contributed by atoms with Crippen LogP contribution in [0.1, 0.15) is 13.8 Å². The normalized spacial score (nSPS) is 11.0. The van der Waals surface area contributed by atoms with E-state index < -0.39 is 0 Å². The SMILES string of the molecule is CC(C)Oc1nc(N)nc2ccc(-c3ccc(N)cc3)cc12. The highest BCUT2D eigenvalue weighted by Gasteiger charge is 2.10. The first-order chi connectivity index (χ1) is 10.5. The van der Waals surface area contributed by atoms with E-state index in [1.165, 1.54) is 0 Å². The predicted octanol–water partition coefficient (Wildman–Crippen LogP) is 3.25. The number of nitrogen functional groups attached to an aromatic ring is 2. The van der Waals surface area contributed by atoms with Crippen LogP contribution in [-0.2, 0) is 0 Å². The topological polar surface area (TPSA) is 87.0 Å². The van der Waals surface area contributed by atoms with E-state index in [2.05, 4.69) is 9.97 Å². The number of hydrogen-bond donors (Lipinski definition) is 2. The Kier molecular flexibility index (Phi) is 3.55. The van der Waals surface area contributed by atoms with Gasteiger partial charge in [-0.15, -0.1) is 0 Å². The first-order valence-electron chi connectivity index (χ1n) is 7.13. The molecular weight excluding hydrogens is 276 g/mol. The van der Waals surface area contributed by atoms with Crippen LogP contribution in [-0.4, -0.2) is 16.1 Å². The number of aromatic nitrogens is 2. The minimum atomic E-state index is 0.0117. The van der Waals surface area contributed by atoms with Gasteiger partial charge in [0, 0.05) is 5.69 Å². The molecule has 0 aliphatic carbocycles. The first-order valence-corrected chi connectivity index (χ1v) is 7.13. The minimum Gasteiger partial charge on any atom is -0.474 e. The highest BCUT2D eigenvalue weighted by atomic mass is 16.5. The summed E-state index contributed by atoms with van der Waals surface area (Å²) in [5.74, 6) is 0.721. The fraction of sp³-hybridized carbons (Fsp3) is 0.176. The molecule has 0 unspecified atom stereocenters. The maximum absolute atomic E-state index is 5.77. The van der Waals surface area contributed by atoms with E-state index in [1.807, 2.05) is 56.3 Å². The van der Waals surface area contributed by atoms with Gasteiger partial charge in [0.05, 0.1) is 17.0 Å². The van der Waals surface area contributed by atoms with Crippen molar-refractivity contribution in [3.63, 3.8) is 0 Å². The van der Waals surface area contributed by atoms with Crippen LogP contribution in [0.4, 0.5) is 11.6 Å². The van der Waals surface area contributed by atoms with Gasteiger partial charge in [-0.1, -0.05) is 18.2 Å². The van der Waals surface area contributed by atoms with Crippen molar-refractivity contribution in [2.45, 2.75) is 20.0 Å². The third-order valence-corrected chi connectivity index (χ3v) is 3.27. The molecule has 0 saturated heterocycles. The lowest BCUT2D eigenvalue weighted by molar-refractivity contribution is 0.236. The van der Waals surface area contributed by atoms with Crippen LogP contribution in [0.5, 0.6) is 5.88 Å². The van der Waals surface area contributed by atoms with Gasteiger partial charge in [0.2, 0.25) is 11.8 Å². The Morgan fingerprint density at radius 3 is 2.27 bits per heavy atom. The van der Waals surface area contributed by atoms with Gasteiger partial charge in [-0.3, -0.25) is 0 Å². The molecule has 1 heterocycles. The number of fused-ring (bicyclic) bond motifs is 1. The molecule has 0 aliphatic rings. The Hall–Kier alpha value is -2.82. The molecule has 5 heteroatoms. The third-order valence-electron chi connectivity index (χ3n) is 3.27. The van der Waals surface area contributed by atoms with Crippen molar-refractivity contribution < 1.29 is 4.74 Å². The average Bonchev–Trinajstić information content (AvgIpc) is 2.47. The molecule has 0 bridgehead atoms. The van der Waals surface area contributed by atoms with Crippen LogP contribution in [0.3, 0.4) is 0 Å². The smallest absolute Gasteiger partial charge is 0.226 e. The number of rotatable bonds is 3. The molecule has 0 spiro atoms. The monoisotopic (exact) mass is 294 g/mol. The molecule has 0 fully saturated rings. The highest BCUT2D eigenvalue weighted by molar-refractivity contribution is 5.89. The molecule has 1 aromatic heterocycles. The van der Waals surface area contributed by atoms with E-state index in [9.17, 15) is 0 Å². The van der Waals surface area contributed by atoms with Gasteiger partial charge in [-0.25, -0.2) is 4.98 Å². The van der Waals surface area contributed by atoms with E-state index in [4.69, 9.17) is 16.2 Å². The van der Waals surface area contributed by atoms with E-state index in [1.54, 1.807) is 0 Å². The maximum Gasteiger partial charge on any atom is 0.226 e. The molecule has 3 rings (SSSR count). The number of benzene rings is 2. The second-order valence-corrected chi connectivity index (χ2v) is 5.41. The van der Waals surface area contributed by atoms with Gasteiger partial charge in [-0.05, 0) is 49.2 Å². The summed E-state index contributed by atoms with van der Waals surface area (Å²) < 4.78 is 5.77. The largest absolute Gasteiger partial charge is 0.474 e. The number of ether oxygens (including phenoxy) is 1. The lowest BCUT2D eigenvalue weighted by Crippen LogP contribution is -2.09. The molecule has 4 N–H and O–H groups in total. The Bertz CT molecular complexity index is 813. The summed E-state index contributed by atoms with van der Waals surface area (Å²) in [6.45, 7) is 3.90. The van der Waals surface area contributed by atoms with Crippen LogP contribution >= 0.6 is 0 Å². The van der Waals surface area contributed by atoms with E-state index >= 15 is 0 Å². The van der Waals surface area contributed by atoms with Gasteiger partial charge in [0.1, 0.15) is 0 Å². The zero-order valence-electron chi connectivity index (χ0n) is 12.6. The summed E-state index contributed by atoms with van der Waals surface area (Å²) in [6.07, 6.45) is 0.0117. The van der Waals surface area contributed by atoms with Gasteiger partial charge < -0.3 is 16.2 Å². The van der Waals surface area contributed by atoms with Crippen LogP contribution in [0.15, 0.2) is 42.5 Å². The van der Waals surface area contributed by atoms with Crippen LogP contribution in [0.2, 0.25) is 0 Å². The molecule has 0 saturated carbocycles. The van der Waals surface area contributed by atoms with Gasteiger partial charge in [0.25, 0.3) is 0 Å². The van der Waals surface area contributed by atoms with Crippen LogP contribution < -0.4 is 16.2 Å². The summed E-state index contributed by atoms with van der Waals surface area (Å²) in [6, 6.07) is 13.7. The molecular formula is C17H18N4O. The summed E-state index contributed by atoms with van der Waals surface area (Å²) in [5, 5.41) is 0.845. The van der Waals surface area contributed by atoms with Gasteiger partial charge >= 0.3 is 0 Å². The van der Waals surface area contributed by atoms with Gasteiger partial charge in [-0.2, -0.15) is 4.98 Å². The van der Waals surface area contributed by atoms with Crippen molar-refractivity contribution in [3.05, 3.63) is 42.5 Å². The molecule has 3 aromatic rings. The lowest BCUT2D eigenvalue weighted by atomic mass is 10.0. The van der Waals surface area contributed by atoms with E-state index in [-0.39, 0.29) is 12.1 Å². The van der Waals surface area contributed by atoms with Crippen molar-refractivity contribution in [2.24, 2.45) is 0 Å². The number of nitrogens with two attached hydrogens (primary N) is 2. The van der Waals surface area contributed by atoms with E-state index in [0.717, 1.165) is 27.7 Å². The van der Waals surface area contributed by atoms with Gasteiger partial charge in [0.15, 0.2) is 0 Å².